The van der Waals surface area contributed by atoms with Crippen LogP contribution in [0.4, 0.5) is 0 Å². The van der Waals surface area contributed by atoms with Gasteiger partial charge in [-0.3, -0.25) is 4.79 Å². The van der Waals surface area contributed by atoms with Gasteiger partial charge in [0.05, 0.1) is 0 Å². The third-order valence-corrected chi connectivity index (χ3v) is 4.20. The van der Waals surface area contributed by atoms with Gasteiger partial charge in [-0.05, 0) is 39.0 Å². The highest BCUT2D eigenvalue weighted by molar-refractivity contribution is 5.76. The van der Waals surface area contributed by atoms with Crippen molar-refractivity contribution in [2.24, 2.45) is 5.92 Å². The third-order valence-electron chi connectivity index (χ3n) is 4.20. The standard InChI is InChI=1S/C15H30N2O/c1-4-12(2)17-15(18)10-11-16-13(3)14-8-6-5-7-9-14/h12-14,16H,4-11H2,1-3H3,(H,17,18). The summed E-state index contributed by atoms with van der Waals surface area (Å²) in [6.07, 6.45) is 8.47. The van der Waals surface area contributed by atoms with Gasteiger partial charge in [-0.15, -0.1) is 0 Å². The normalized spacial score (nSPS) is 20.4. The Kier molecular flexibility index (Phi) is 7.33. The van der Waals surface area contributed by atoms with E-state index in [2.05, 4.69) is 31.4 Å². The molecule has 0 aliphatic heterocycles. The van der Waals surface area contributed by atoms with Crippen LogP contribution in [0.25, 0.3) is 0 Å². The summed E-state index contributed by atoms with van der Waals surface area (Å²) < 4.78 is 0. The zero-order chi connectivity index (χ0) is 13.4. The smallest absolute Gasteiger partial charge is 0.221 e. The Labute approximate surface area is 112 Å². The Balaban J connectivity index is 2.10. The Hall–Kier alpha value is -0.570. The number of nitrogens with one attached hydrogen (secondary N) is 2. The first-order valence-corrected chi connectivity index (χ1v) is 7.66. The maximum absolute atomic E-state index is 11.6. The molecular formula is C15H30N2O. The maximum Gasteiger partial charge on any atom is 0.221 e. The minimum atomic E-state index is 0.174. The second-order valence-corrected chi connectivity index (χ2v) is 5.77. The first kappa shape index (κ1) is 15.5. The summed E-state index contributed by atoms with van der Waals surface area (Å²) in [5.41, 5.74) is 0. The van der Waals surface area contributed by atoms with Crippen LogP contribution in [0, 0.1) is 5.92 Å². The summed E-state index contributed by atoms with van der Waals surface area (Å²) >= 11 is 0. The molecule has 1 aliphatic carbocycles. The topological polar surface area (TPSA) is 41.1 Å². The van der Waals surface area contributed by atoms with Crippen LogP contribution in [0.3, 0.4) is 0 Å². The van der Waals surface area contributed by atoms with Crippen molar-refractivity contribution in [2.75, 3.05) is 6.54 Å². The van der Waals surface area contributed by atoms with Crippen molar-refractivity contribution in [2.45, 2.75) is 77.8 Å². The van der Waals surface area contributed by atoms with Crippen molar-refractivity contribution in [3.8, 4) is 0 Å². The minimum Gasteiger partial charge on any atom is -0.354 e. The molecule has 2 N–H and O–H groups in total. The lowest BCUT2D eigenvalue weighted by Crippen LogP contribution is -2.38. The SMILES string of the molecule is CCC(C)NC(=O)CCNC(C)C1CCCCC1. The van der Waals surface area contributed by atoms with Gasteiger partial charge in [0, 0.05) is 25.0 Å². The lowest BCUT2D eigenvalue weighted by molar-refractivity contribution is -0.121. The minimum absolute atomic E-state index is 0.174. The van der Waals surface area contributed by atoms with E-state index in [4.69, 9.17) is 0 Å². The van der Waals surface area contributed by atoms with Crippen LogP contribution < -0.4 is 10.6 Å². The molecule has 0 saturated heterocycles. The van der Waals surface area contributed by atoms with E-state index >= 15 is 0 Å². The number of carbonyl (C=O) groups is 1. The van der Waals surface area contributed by atoms with Gasteiger partial charge in [-0.1, -0.05) is 26.2 Å². The quantitative estimate of drug-likeness (QED) is 0.733. The fourth-order valence-electron chi connectivity index (χ4n) is 2.66. The Morgan fingerprint density at radius 3 is 2.50 bits per heavy atom. The highest BCUT2D eigenvalue weighted by atomic mass is 16.1. The average Bonchev–Trinajstić information content (AvgIpc) is 2.39. The van der Waals surface area contributed by atoms with Gasteiger partial charge in [0.2, 0.25) is 5.91 Å². The van der Waals surface area contributed by atoms with Crippen LogP contribution in [0.2, 0.25) is 0 Å². The molecule has 1 rings (SSSR count). The molecule has 3 nitrogen and oxygen atoms in total. The van der Waals surface area contributed by atoms with E-state index < -0.39 is 0 Å². The van der Waals surface area contributed by atoms with E-state index in [1.807, 2.05) is 0 Å². The van der Waals surface area contributed by atoms with E-state index in [0.29, 0.717) is 18.5 Å². The van der Waals surface area contributed by atoms with Crippen LogP contribution >= 0.6 is 0 Å². The van der Waals surface area contributed by atoms with Crippen LogP contribution in [0.1, 0.15) is 65.7 Å². The van der Waals surface area contributed by atoms with Crippen LogP contribution in [-0.2, 0) is 4.79 Å². The first-order valence-electron chi connectivity index (χ1n) is 7.66. The predicted molar refractivity (Wildman–Crippen MR) is 76.6 cm³/mol. The Morgan fingerprint density at radius 1 is 1.22 bits per heavy atom. The van der Waals surface area contributed by atoms with Crippen molar-refractivity contribution in [1.82, 2.24) is 10.6 Å². The van der Waals surface area contributed by atoms with Crippen molar-refractivity contribution in [1.29, 1.82) is 0 Å². The molecule has 1 fully saturated rings. The molecule has 3 heteroatoms. The third kappa shape index (κ3) is 5.85. The van der Waals surface area contributed by atoms with Crippen molar-refractivity contribution >= 4 is 5.91 Å². The summed E-state index contributed by atoms with van der Waals surface area (Å²) in [5.74, 6) is 0.990. The average molecular weight is 254 g/mol. The zero-order valence-corrected chi connectivity index (χ0v) is 12.3. The summed E-state index contributed by atoms with van der Waals surface area (Å²) in [6, 6.07) is 0.856. The van der Waals surface area contributed by atoms with Gasteiger partial charge in [0.15, 0.2) is 0 Å². The van der Waals surface area contributed by atoms with Gasteiger partial charge in [-0.2, -0.15) is 0 Å². The summed E-state index contributed by atoms with van der Waals surface area (Å²) in [4.78, 5) is 11.6. The molecule has 1 amide bonds. The maximum atomic E-state index is 11.6. The summed E-state index contributed by atoms with van der Waals surface area (Å²) in [6.45, 7) is 7.22. The molecule has 0 spiro atoms. The number of amides is 1. The van der Waals surface area contributed by atoms with Gasteiger partial charge >= 0.3 is 0 Å². The predicted octanol–water partition coefficient (Wildman–Crippen LogP) is 2.85. The molecule has 106 valence electrons. The van der Waals surface area contributed by atoms with Crippen molar-refractivity contribution < 1.29 is 4.79 Å². The lowest BCUT2D eigenvalue weighted by atomic mass is 9.84. The Bertz CT molecular complexity index is 237. The molecule has 0 radical (unpaired) electrons. The molecule has 0 aromatic carbocycles. The summed E-state index contributed by atoms with van der Waals surface area (Å²) in [7, 11) is 0. The van der Waals surface area contributed by atoms with Crippen molar-refractivity contribution in [3.63, 3.8) is 0 Å². The molecule has 0 aromatic rings. The molecule has 2 atom stereocenters. The van der Waals surface area contributed by atoms with Gasteiger partial charge in [0.25, 0.3) is 0 Å². The summed E-state index contributed by atoms with van der Waals surface area (Å²) in [5, 5.41) is 6.52. The van der Waals surface area contributed by atoms with E-state index in [0.717, 1.165) is 18.9 Å². The molecule has 1 saturated carbocycles. The van der Waals surface area contributed by atoms with Gasteiger partial charge in [-0.25, -0.2) is 0 Å². The first-order chi connectivity index (χ1) is 8.63. The van der Waals surface area contributed by atoms with E-state index in [9.17, 15) is 4.79 Å². The van der Waals surface area contributed by atoms with E-state index in [-0.39, 0.29) is 5.91 Å². The van der Waals surface area contributed by atoms with Crippen molar-refractivity contribution in [3.05, 3.63) is 0 Å². The molecular weight excluding hydrogens is 224 g/mol. The number of carbonyl (C=O) groups excluding carboxylic acids is 1. The lowest BCUT2D eigenvalue weighted by Gasteiger charge is -2.28. The molecule has 0 aromatic heterocycles. The number of rotatable bonds is 7. The molecule has 2 unspecified atom stereocenters. The molecule has 0 heterocycles. The second-order valence-electron chi connectivity index (χ2n) is 5.77. The number of hydrogen-bond donors (Lipinski definition) is 2. The number of hydrogen-bond acceptors (Lipinski definition) is 2. The van der Waals surface area contributed by atoms with E-state index in [1.165, 1.54) is 32.1 Å². The molecule has 18 heavy (non-hydrogen) atoms. The van der Waals surface area contributed by atoms with Crippen LogP contribution in [0.5, 0.6) is 0 Å². The van der Waals surface area contributed by atoms with Gasteiger partial charge in [0.1, 0.15) is 0 Å². The fourth-order valence-corrected chi connectivity index (χ4v) is 2.66. The second kappa shape index (κ2) is 8.52. The van der Waals surface area contributed by atoms with Crippen LogP contribution in [0.15, 0.2) is 0 Å². The molecule has 0 bridgehead atoms. The monoisotopic (exact) mass is 254 g/mol. The fraction of sp³-hybridized carbons (Fsp3) is 0.933. The zero-order valence-electron chi connectivity index (χ0n) is 12.3. The largest absolute Gasteiger partial charge is 0.354 e. The van der Waals surface area contributed by atoms with Crippen LogP contribution in [-0.4, -0.2) is 24.5 Å². The van der Waals surface area contributed by atoms with Gasteiger partial charge < -0.3 is 10.6 Å². The van der Waals surface area contributed by atoms with E-state index in [1.54, 1.807) is 0 Å². The highest BCUT2D eigenvalue weighted by Gasteiger charge is 2.19. The Morgan fingerprint density at radius 2 is 1.89 bits per heavy atom. The molecule has 1 aliphatic rings. The highest BCUT2D eigenvalue weighted by Crippen LogP contribution is 2.26.